The van der Waals surface area contributed by atoms with Gasteiger partial charge in [-0.15, -0.1) is 0 Å². The van der Waals surface area contributed by atoms with Crippen molar-refractivity contribution in [3.8, 4) is 0 Å². The number of carbonyl (C=O) groups excluding carboxylic acids is 1. The second-order valence-corrected chi connectivity index (χ2v) is 7.81. The number of carbonyl (C=O) groups is 1. The van der Waals surface area contributed by atoms with Gasteiger partial charge >= 0.3 is 5.97 Å². The number of piperidine rings is 1. The van der Waals surface area contributed by atoms with Crippen molar-refractivity contribution in [2.75, 3.05) is 13.7 Å². The summed E-state index contributed by atoms with van der Waals surface area (Å²) in [6, 6.07) is 4.15. The monoisotopic (exact) mass is 375 g/mol. The molecule has 0 aliphatic carbocycles. The molecular formula is C14H18BrNO4S. The first-order chi connectivity index (χ1) is 9.87. The highest BCUT2D eigenvalue weighted by molar-refractivity contribution is 9.10. The van der Waals surface area contributed by atoms with Gasteiger partial charge in [0.1, 0.15) is 6.04 Å². The van der Waals surface area contributed by atoms with Crippen LogP contribution in [0.2, 0.25) is 0 Å². The molecule has 1 aliphatic heterocycles. The van der Waals surface area contributed by atoms with E-state index in [1.54, 1.807) is 18.2 Å². The molecule has 0 N–H and O–H groups in total. The summed E-state index contributed by atoms with van der Waals surface area (Å²) >= 11 is 3.36. The van der Waals surface area contributed by atoms with Crippen LogP contribution < -0.4 is 0 Å². The van der Waals surface area contributed by atoms with E-state index in [1.165, 1.54) is 11.4 Å². The molecule has 1 fully saturated rings. The lowest BCUT2D eigenvalue weighted by atomic mass is 10.1. The summed E-state index contributed by atoms with van der Waals surface area (Å²) in [6.07, 6.45) is 2.08. The number of rotatable bonds is 3. The van der Waals surface area contributed by atoms with Crippen LogP contribution in [0.5, 0.6) is 0 Å². The van der Waals surface area contributed by atoms with Gasteiger partial charge in [0.15, 0.2) is 0 Å². The summed E-state index contributed by atoms with van der Waals surface area (Å²) in [5, 5.41) is 0. The number of aryl methyl sites for hydroxylation is 1. The topological polar surface area (TPSA) is 63.7 Å². The minimum absolute atomic E-state index is 0.207. The number of halogens is 1. The van der Waals surface area contributed by atoms with Crippen LogP contribution in [0, 0.1) is 6.92 Å². The third-order valence-electron chi connectivity index (χ3n) is 3.66. The maximum Gasteiger partial charge on any atom is 0.324 e. The molecule has 1 atom stereocenters. The highest BCUT2D eigenvalue weighted by Gasteiger charge is 2.38. The van der Waals surface area contributed by atoms with E-state index in [0.717, 1.165) is 22.9 Å². The number of benzene rings is 1. The Kier molecular flexibility index (Phi) is 5.06. The third-order valence-corrected chi connectivity index (χ3v) is 6.46. The average molecular weight is 376 g/mol. The molecule has 1 saturated heterocycles. The quantitative estimate of drug-likeness (QED) is 0.761. The lowest BCUT2D eigenvalue weighted by molar-refractivity contribution is -0.146. The molecule has 1 heterocycles. The Hall–Kier alpha value is -0.920. The third kappa shape index (κ3) is 3.30. The molecule has 21 heavy (non-hydrogen) atoms. The van der Waals surface area contributed by atoms with Gasteiger partial charge in [0.05, 0.1) is 12.0 Å². The zero-order chi connectivity index (χ0) is 15.6. The molecule has 0 saturated carbocycles. The second-order valence-electron chi connectivity index (χ2n) is 5.06. The summed E-state index contributed by atoms with van der Waals surface area (Å²) < 4.78 is 32.4. The highest BCUT2D eigenvalue weighted by Crippen LogP contribution is 2.28. The highest BCUT2D eigenvalue weighted by atomic mass is 79.9. The van der Waals surface area contributed by atoms with Gasteiger partial charge in [0, 0.05) is 11.0 Å². The lowest BCUT2D eigenvalue weighted by Gasteiger charge is -2.32. The molecule has 0 radical (unpaired) electrons. The number of ether oxygens (including phenoxy) is 1. The Labute approximate surface area is 133 Å². The number of hydrogen-bond donors (Lipinski definition) is 0. The Morgan fingerprint density at radius 1 is 1.38 bits per heavy atom. The van der Waals surface area contributed by atoms with Gasteiger partial charge in [-0.05, 0) is 49.9 Å². The SMILES string of the molecule is COC(=O)[C@H]1CCCCN1S(=O)(=O)c1ccc(Br)c(C)c1. The number of methoxy groups -OCH3 is 1. The van der Waals surface area contributed by atoms with Crippen LogP contribution in [0.3, 0.4) is 0 Å². The predicted octanol–water partition coefficient (Wildman–Crippen LogP) is 2.47. The predicted molar refractivity (Wildman–Crippen MR) is 82.4 cm³/mol. The lowest BCUT2D eigenvalue weighted by Crippen LogP contribution is -2.48. The molecule has 1 aromatic carbocycles. The van der Waals surface area contributed by atoms with Crippen molar-refractivity contribution in [1.82, 2.24) is 4.31 Å². The van der Waals surface area contributed by atoms with Gasteiger partial charge in [-0.1, -0.05) is 15.9 Å². The van der Waals surface area contributed by atoms with Gasteiger partial charge in [-0.25, -0.2) is 8.42 Å². The van der Waals surface area contributed by atoms with Crippen LogP contribution in [0.4, 0.5) is 0 Å². The first-order valence-electron chi connectivity index (χ1n) is 6.73. The maximum atomic E-state index is 12.8. The van der Waals surface area contributed by atoms with Crippen LogP contribution in [0.15, 0.2) is 27.6 Å². The first-order valence-corrected chi connectivity index (χ1v) is 8.97. The maximum absolute atomic E-state index is 12.8. The first kappa shape index (κ1) is 16.5. The van der Waals surface area contributed by atoms with Crippen molar-refractivity contribution >= 4 is 31.9 Å². The van der Waals surface area contributed by atoms with Gasteiger partial charge in [-0.2, -0.15) is 4.31 Å². The molecule has 0 amide bonds. The molecular weight excluding hydrogens is 358 g/mol. The summed E-state index contributed by atoms with van der Waals surface area (Å²) in [6.45, 7) is 2.17. The van der Waals surface area contributed by atoms with E-state index in [-0.39, 0.29) is 4.90 Å². The zero-order valence-electron chi connectivity index (χ0n) is 12.0. The Morgan fingerprint density at radius 2 is 2.10 bits per heavy atom. The van der Waals surface area contributed by atoms with Crippen molar-refractivity contribution in [2.45, 2.75) is 37.1 Å². The largest absolute Gasteiger partial charge is 0.468 e. The number of nitrogens with zero attached hydrogens (tertiary/aromatic N) is 1. The van der Waals surface area contributed by atoms with Gasteiger partial charge < -0.3 is 4.74 Å². The van der Waals surface area contributed by atoms with Gasteiger partial charge in [0.2, 0.25) is 10.0 Å². The number of hydrogen-bond acceptors (Lipinski definition) is 4. The number of esters is 1. The molecule has 1 aromatic rings. The van der Waals surface area contributed by atoms with Crippen molar-refractivity contribution < 1.29 is 17.9 Å². The summed E-state index contributed by atoms with van der Waals surface area (Å²) in [5.41, 5.74) is 0.836. The van der Waals surface area contributed by atoms with Crippen molar-refractivity contribution in [2.24, 2.45) is 0 Å². The molecule has 0 bridgehead atoms. The summed E-state index contributed by atoms with van der Waals surface area (Å²) in [4.78, 5) is 12.0. The molecule has 116 valence electrons. The van der Waals surface area contributed by atoms with Crippen molar-refractivity contribution in [1.29, 1.82) is 0 Å². The smallest absolute Gasteiger partial charge is 0.324 e. The van der Waals surface area contributed by atoms with Gasteiger partial charge in [-0.3, -0.25) is 4.79 Å². The standard InChI is InChI=1S/C14H18BrNO4S/c1-10-9-11(6-7-12(10)15)21(18,19)16-8-4-3-5-13(16)14(17)20-2/h6-7,9,13H,3-5,8H2,1-2H3/t13-/m1/s1. The molecule has 1 aliphatic rings. The van der Waals surface area contributed by atoms with Crippen LogP contribution in [-0.2, 0) is 19.6 Å². The van der Waals surface area contributed by atoms with E-state index < -0.39 is 22.0 Å². The van der Waals surface area contributed by atoms with E-state index in [2.05, 4.69) is 15.9 Å². The van der Waals surface area contributed by atoms with E-state index in [4.69, 9.17) is 4.74 Å². The molecule has 7 heteroatoms. The van der Waals surface area contributed by atoms with Crippen molar-refractivity contribution in [3.05, 3.63) is 28.2 Å². The van der Waals surface area contributed by atoms with Crippen LogP contribution >= 0.6 is 15.9 Å². The molecule has 0 aromatic heterocycles. The Balaban J connectivity index is 2.40. The van der Waals surface area contributed by atoms with Gasteiger partial charge in [0.25, 0.3) is 0 Å². The fourth-order valence-corrected chi connectivity index (χ4v) is 4.46. The average Bonchev–Trinajstić information content (AvgIpc) is 2.49. The van der Waals surface area contributed by atoms with Crippen LogP contribution in [-0.4, -0.2) is 38.4 Å². The summed E-state index contributed by atoms with van der Waals surface area (Å²) in [5.74, 6) is -0.493. The van der Waals surface area contributed by atoms with E-state index in [9.17, 15) is 13.2 Å². The van der Waals surface area contributed by atoms with E-state index in [1.807, 2.05) is 6.92 Å². The zero-order valence-corrected chi connectivity index (χ0v) is 14.4. The molecule has 2 rings (SSSR count). The van der Waals surface area contributed by atoms with Crippen LogP contribution in [0.1, 0.15) is 24.8 Å². The molecule has 0 spiro atoms. The fraction of sp³-hybridized carbons (Fsp3) is 0.500. The molecule has 5 nitrogen and oxygen atoms in total. The minimum Gasteiger partial charge on any atom is -0.468 e. The Bertz CT molecular complexity index is 644. The second kappa shape index (κ2) is 6.46. The van der Waals surface area contributed by atoms with Crippen LogP contribution in [0.25, 0.3) is 0 Å². The van der Waals surface area contributed by atoms with E-state index in [0.29, 0.717) is 13.0 Å². The van der Waals surface area contributed by atoms with E-state index >= 15 is 0 Å². The number of sulfonamides is 1. The van der Waals surface area contributed by atoms with Crippen molar-refractivity contribution in [3.63, 3.8) is 0 Å². The fourth-order valence-electron chi connectivity index (χ4n) is 2.48. The normalized spacial score (nSPS) is 20.2. The summed E-state index contributed by atoms with van der Waals surface area (Å²) in [7, 11) is -2.41. The Morgan fingerprint density at radius 3 is 2.71 bits per heavy atom. The molecule has 0 unspecified atom stereocenters. The minimum atomic E-state index is -3.69.